The van der Waals surface area contributed by atoms with Gasteiger partial charge in [-0.15, -0.1) is 0 Å². The number of aryl methyl sites for hydroxylation is 2. The number of nitrogens with zero attached hydrogens (tertiary/aromatic N) is 3. The Morgan fingerprint density at radius 3 is 2.72 bits per heavy atom. The molecule has 1 N–H and O–H groups in total. The normalized spacial score (nSPS) is 11.2. The minimum absolute atomic E-state index is 0.00466. The SMILES string of the molecule is CCn1cc2c(C(F)F)cc(=O)n(CCC(=O)Nc3ccc(OC)c(Cl)c3)c2n1. The molecule has 0 aliphatic heterocycles. The summed E-state index contributed by atoms with van der Waals surface area (Å²) < 4.78 is 34.4. The van der Waals surface area contributed by atoms with E-state index in [-0.39, 0.29) is 35.5 Å². The average Bonchev–Trinajstić information content (AvgIpc) is 3.11. The highest BCUT2D eigenvalue weighted by molar-refractivity contribution is 6.32. The number of rotatable bonds is 7. The zero-order chi connectivity index (χ0) is 21.1. The van der Waals surface area contributed by atoms with Crippen molar-refractivity contribution in [1.29, 1.82) is 0 Å². The number of carbonyl (C=O) groups is 1. The lowest BCUT2D eigenvalue weighted by atomic mass is 10.2. The van der Waals surface area contributed by atoms with Gasteiger partial charge in [-0.2, -0.15) is 5.10 Å². The van der Waals surface area contributed by atoms with Gasteiger partial charge in [0.1, 0.15) is 5.75 Å². The summed E-state index contributed by atoms with van der Waals surface area (Å²) >= 11 is 6.03. The highest BCUT2D eigenvalue weighted by Crippen LogP contribution is 2.28. The Hall–Kier alpha value is -2.94. The standard InChI is InChI=1S/C19H19ClF2N4O3/c1-3-25-10-13-12(18(21)22)9-17(28)26(19(13)24-25)7-6-16(27)23-11-4-5-15(29-2)14(20)8-11/h4-5,8-10,18H,3,6-7H2,1-2H3,(H,23,27). The van der Waals surface area contributed by atoms with Crippen molar-refractivity contribution in [2.45, 2.75) is 32.9 Å². The monoisotopic (exact) mass is 424 g/mol. The Labute approximate surface area is 169 Å². The Morgan fingerprint density at radius 1 is 1.34 bits per heavy atom. The molecular formula is C19H19ClF2N4O3. The van der Waals surface area contributed by atoms with Gasteiger partial charge in [-0.1, -0.05) is 11.6 Å². The van der Waals surface area contributed by atoms with Gasteiger partial charge in [0.05, 0.1) is 12.1 Å². The number of benzene rings is 1. The van der Waals surface area contributed by atoms with E-state index in [1.807, 2.05) is 6.92 Å². The van der Waals surface area contributed by atoms with Crippen LogP contribution in [0, 0.1) is 0 Å². The molecule has 154 valence electrons. The van der Waals surface area contributed by atoms with Gasteiger partial charge >= 0.3 is 0 Å². The number of hydrogen-bond acceptors (Lipinski definition) is 4. The lowest BCUT2D eigenvalue weighted by Crippen LogP contribution is -2.24. The highest BCUT2D eigenvalue weighted by atomic mass is 35.5. The van der Waals surface area contributed by atoms with E-state index in [0.29, 0.717) is 23.0 Å². The molecule has 2 aromatic heterocycles. The summed E-state index contributed by atoms with van der Waals surface area (Å²) in [5.41, 5.74) is -0.385. The van der Waals surface area contributed by atoms with E-state index >= 15 is 0 Å². The summed E-state index contributed by atoms with van der Waals surface area (Å²) in [7, 11) is 1.48. The average molecular weight is 425 g/mol. The molecule has 10 heteroatoms. The number of fused-ring (bicyclic) bond motifs is 1. The van der Waals surface area contributed by atoms with Crippen LogP contribution >= 0.6 is 11.6 Å². The molecule has 0 unspecified atom stereocenters. The van der Waals surface area contributed by atoms with Gasteiger partial charge in [0.25, 0.3) is 12.0 Å². The quantitative estimate of drug-likeness (QED) is 0.625. The maximum Gasteiger partial charge on any atom is 0.264 e. The number of methoxy groups -OCH3 is 1. The van der Waals surface area contributed by atoms with Crippen LogP contribution in [0.4, 0.5) is 14.5 Å². The molecule has 0 radical (unpaired) electrons. The summed E-state index contributed by atoms with van der Waals surface area (Å²) in [4.78, 5) is 24.6. The van der Waals surface area contributed by atoms with Crippen LogP contribution in [0.5, 0.6) is 5.75 Å². The van der Waals surface area contributed by atoms with Crippen LogP contribution in [-0.4, -0.2) is 27.4 Å². The second-order valence-electron chi connectivity index (χ2n) is 6.26. The fourth-order valence-corrected chi connectivity index (χ4v) is 3.20. The zero-order valence-corrected chi connectivity index (χ0v) is 16.5. The molecule has 0 bridgehead atoms. The van der Waals surface area contributed by atoms with Crippen molar-refractivity contribution < 1.29 is 18.3 Å². The first-order chi connectivity index (χ1) is 13.8. The van der Waals surface area contributed by atoms with Crippen molar-refractivity contribution in [3.63, 3.8) is 0 Å². The minimum atomic E-state index is -2.79. The molecule has 0 aliphatic carbocycles. The smallest absolute Gasteiger partial charge is 0.264 e. The number of pyridine rings is 1. The van der Waals surface area contributed by atoms with Crippen molar-refractivity contribution in [3.05, 3.63) is 51.4 Å². The molecule has 2 heterocycles. The summed E-state index contributed by atoms with van der Waals surface area (Å²) in [5, 5.41) is 7.43. The number of amides is 1. The van der Waals surface area contributed by atoms with Gasteiger partial charge < -0.3 is 10.1 Å². The minimum Gasteiger partial charge on any atom is -0.495 e. The van der Waals surface area contributed by atoms with E-state index in [9.17, 15) is 18.4 Å². The number of anilines is 1. The molecule has 0 saturated carbocycles. The van der Waals surface area contributed by atoms with Gasteiger partial charge in [0.2, 0.25) is 5.91 Å². The van der Waals surface area contributed by atoms with Gasteiger partial charge in [0.15, 0.2) is 5.65 Å². The molecule has 0 saturated heterocycles. The topological polar surface area (TPSA) is 78.2 Å². The molecular weight excluding hydrogens is 406 g/mol. The third kappa shape index (κ3) is 4.40. The summed E-state index contributed by atoms with van der Waals surface area (Å²) in [6, 6.07) is 5.69. The number of hydrogen-bond donors (Lipinski definition) is 1. The van der Waals surface area contributed by atoms with Gasteiger partial charge in [-0.05, 0) is 25.1 Å². The molecule has 1 aromatic carbocycles. The number of carbonyl (C=O) groups excluding carboxylic acids is 1. The first-order valence-corrected chi connectivity index (χ1v) is 9.24. The van der Waals surface area contributed by atoms with E-state index in [1.54, 1.807) is 18.2 Å². The van der Waals surface area contributed by atoms with E-state index in [1.165, 1.54) is 22.6 Å². The van der Waals surface area contributed by atoms with Crippen LogP contribution in [0.3, 0.4) is 0 Å². The summed E-state index contributed by atoms with van der Waals surface area (Å²) in [6.45, 7) is 2.27. The second kappa shape index (κ2) is 8.60. The van der Waals surface area contributed by atoms with E-state index in [0.717, 1.165) is 6.07 Å². The molecule has 1 amide bonds. The Morgan fingerprint density at radius 2 is 2.10 bits per heavy atom. The van der Waals surface area contributed by atoms with Crippen LogP contribution in [0.25, 0.3) is 11.0 Å². The van der Waals surface area contributed by atoms with Crippen molar-refractivity contribution in [2.75, 3.05) is 12.4 Å². The number of halogens is 3. The van der Waals surface area contributed by atoms with E-state index < -0.39 is 12.0 Å². The summed E-state index contributed by atoms with van der Waals surface area (Å²) in [6.07, 6.45) is -1.37. The summed E-state index contributed by atoms with van der Waals surface area (Å²) in [5.74, 6) is 0.114. The van der Waals surface area contributed by atoms with Gasteiger partial charge in [-0.3, -0.25) is 18.8 Å². The molecule has 0 atom stereocenters. The molecule has 0 spiro atoms. The Balaban J connectivity index is 1.81. The largest absolute Gasteiger partial charge is 0.495 e. The lowest BCUT2D eigenvalue weighted by Gasteiger charge is -2.10. The van der Waals surface area contributed by atoms with E-state index in [4.69, 9.17) is 16.3 Å². The predicted molar refractivity (Wildman–Crippen MR) is 106 cm³/mol. The third-order valence-electron chi connectivity index (χ3n) is 4.41. The maximum absolute atomic E-state index is 13.3. The lowest BCUT2D eigenvalue weighted by molar-refractivity contribution is -0.116. The van der Waals surface area contributed by atoms with Crippen LogP contribution in [0.15, 0.2) is 35.3 Å². The van der Waals surface area contributed by atoms with Crippen molar-refractivity contribution in [1.82, 2.24) is 14.3 Å². The molecule has 29 heavy (non-hydrogen) atoms. The Kier molecular flexibility index (Phi) is 6.17. The highest BCUT2D eigenvalue weighted by Gasteiger charge is 2.19. The molecule has 3 rings (SSSR count). The van der Waals surface area contributed by atoms with Crippen LogP contribution in [0.2, 0.25) is 5.02 Å². The number of alkyl halides is 2. The van der Waals surface area contributed by atoms with Gasteiger partial charge in [-0.25, -0.2) is 8.78 Å². The number of nitrogens with one attached hydrogen (secondary N) is 1. The van der Waals surface area contributed by atoms with Crippen LogP contribution in [0.1, 0.15) is 25.3 Å². The maximum atomic E-state index is 13.3. The van der Waals surface area contributed by atoms with Crippen molar-refractivity contribution in [2.24, 2.45) is 0 Å². The third-order valence-corrected chi connectivity index (χ3v) is 4.71. The first-order valence-electron chi connectivity index (χ1n) is 8.86. The molecule has 3 aromatic rings. The van der Waals surface area contributed by atoms with Crippen molar-refractivity contribution in [3.8, 4) is 5.75 Å². The molecule has 7 nitrogen and oxygen atoms in total. The van der Waals surface area contributed by atoms with Crippen LogP contribution in [-0.2, 0) is 17.9 Å². The van der Waals surface area contributed by atoms with Crippen molar-refractivity contribution >= 4 is 34.2 Å². The Bertz CT molecular complexity index is 1110. The fourth-order valence-electron chi connectivity index (χ4n) is 2.95. The number of ether oxygens (including phenoxy) is 1. The first kappa shape index (κ1) is 20.8. The fraction of sp³-hybridized carbons (Fsp3) is 0.316. The predicted octanol–water partition coefficient (Wildman–Crippen LogP) is 3.85. The second-order valence-corrected chi connectivity index (χ2v) is 6.67. The number of aromatic nitrogens is 3. The van der Waals surface area contributed by atoms with E-state index in [2.05, 4.69) is 10.4 Å². The van der Waals surface area contributed by atoms with Crippen LogP contribution < -0.4 is 15.6 Å². The molecule has 0 aliphatic rings. The van der Waals surface area contributed by atoms with Gasteiger partial charge in [0, 0.05) is 48.4 Å². The molecule has 0 fully saturated rings. The zero-order valence-electron chi connectivity index (χ0n) is 15.8.